The van der Waals surface area contributed by atoms with Gasteiger partial charge in [-0.15, -0.1) is 11.3 Å². The van der Waals surface area contributed by atoms with Crippen molar-refractivity contribution >= 4 is 22.2 Å². The number of benzene rings is 1. The van der Waals surface area contributed by atoms with Crippen LogP contribution in [0.2, 0.25) is 0 Å². The van der Waals surface area contributed by atoms with Crippen LogP contribution in [0.4, 0.5) is 13.2 Å². The molecule has 20 heavy (non-hydrogen) atoms. The molecule has 2 heterocycles. The lowest BCUT2D eigenvalue weighted by atomic mass is 10.0. The van der Waals surface area contributed by atoms with E-state index < -0.39 is 11.7 Å². The maximum Gasteiger partial charge on any atom is 0.418 e. The predicted molar refractivity (Wildman–Crippen MR) is 74.8 cm³/mol. The van der Waals surface area contributed by atoms with Crippen LogP contribution in [0.3, 0.4) is 0 Å². The van der Waals surface area contributed by atoms with Crippen LogP contribution >= 0.6 is 11.3 Å². The van der Waals surface area contributed by atoms with Gasteiger partial charge in [-0.1, -0.05) is 18.2 Å². The van der Waals surface area contributed by atoms with Gasteiger partial charge in [0, 0.05) is 22.0 Å². The molecule has 0 aliphatic rings. The minimum Gasteiger partial charge on any atom is -0.255 e. The SMILES string of the molecule is Cc1cnc2c(C(F)(F)F)cccc2c1-c1cccs1. The molecule has 1 nitrogen and oxygen atoms in total. The van der Waals surface area contributed by atoms with E-state index in [0.717, 1.165) is 22.1 Å². The maximum atomic E-state index is 13.1. The van der Waals surface area contributed by atoms with E-state index in [9.17, 15) is 13.2 Å². The highest BCUT2D eigenvalue weighted by atomic mass is 32.1. The lowest BCUT2D eigenvalue weighted by Gasteiger charge is -2.13. The van der Waals surface area contributed by atoms with Gasteiger partial charge in [0.25, 0.3) is 0 Å². The van der Waals surface area contributed by atoms with E-state index in [1.54, 1.807) is 6.07 Å². The van der Waals surface area contributed by atoms with E-state index in [1.165, 1.54) is 23.6 Å². The molecule has 0 spiro atoms. The van der Waals surface area contributed by atoms with Crippen molar-refractivity contribution in [2.75, 3.05) is 0 Å². The first-order chi connectivity index (χ1) is 9.48. The van der Waals surface area contributed by atoms with Crippen LogP contribution in [-0.4, -0.2) is 4.98 Å². The molecule has 3 aromatic rings. The molecule has 0 unspecified atom stereocenters. The normalized spacial score (nSPS) is 12.0. The van der Waals surface area contributed by atoms with Crippen molar-refractivity contribution in [3.05, 3.63) is 53.0 Å². The summed E-state index contributed by atoms with van der Waals surface area (Å²) in [5, 5.41) is 2.46. The smallest absolute Gasteiger partial charge is 0.255 e. The van der Waals surface area contributed by atoms with E-state index in [2.05, 4.69) is 4.98 Å². The minimum atomic E-state index is -4.39. The van der Waals surface area contributed by atoms with Crippen molar-refractivity contribution in [1.82, 2.24) is 4.98 Å². The monoisotopic (exact) mass is 293 g/mol. The molecule has 0 saturated carbocycles. The number of pyridine rings is 1. The summed E-state index contributed by atoms with van der Waals surface area (Å²) in [4.78, 5) is 4.96. The first-order valence-corrected chi connectivity index (χ1v) is 6.86. The van der Waals surface area contributed by atoms with Crippen LogP contribution in [0.25, 0.3) is 21.3 Å². The van der Waals surface area contributed by atoms with Gasteiger partial charge in [0.1, 0.15) is 0 Å². The molecule has 1 aromatic carbocycles. The highest BCUT2D eigenvalue weighted by molar-refractivity contribution is 7.13. The van der Waals surface area contributed by atoms with E-state index in [-0.39, 0.29) is 5.52 Å². The molecule has 102 valence electrons. The molecule has 0 saturated heterocycles. The standard InChI is InChI=1S/C15H10F3NS/c1-9-8-19-14-10(13(9)12-6-3-7-20-12)4-2-5-11(14)15(16,17)18/h2-8H,1H3. The van der Waals surface area contributed by atoms with Crippen LogP contribution in [-0.2, 0) is 6.18 Å². The van der Waals surface area contributed by atoms with Crippen molar-refractivity contribution in [3.63, 3.8) is 0 Å². The summed E-state index contributed by atoms with van der Waals surface area (Å²) in [7, 11) is 0. The Morgan fingerprint density at radius 3 is 2.55 bits per heavy atom. The summed E-state index contributed by atoms with van der Waals surface area (Å²) in [5.74, 6) is 0. The first kappa shape index (κ1) is 13.1. The molecule has 2 aromatic heterocycles. The number of para-hydroxylation sites is 1. The Morgan fingerprint density at radius 2 is 1.90 bits per heavy atom. The third-order valence-corrected chi connectivity index (χ3v) is 4.05. The summed E-state index contributed by atoms with van der Waals surface area (Å²) in [6, 6.07) is 8.00. The Kier molecular flexibility index (Phi) is 3.01. The number of thiophene rings is 1. The topological polar surface area (TPSA) is 12.9 Å². The molecule has 0 aliphatic carbocycles. The number of nitrogens with zero attached hydrogens (tertiary/aromatic N) is 1. The van der Waals surface area contributed by atoms with Gasteiger partial charge in [-0.3, -0.25) is 4.98 Å². The molecular weight excluding hydrogens is 283 g/mol. The van der Waals surface area contributed by atoms with Gasteiger partial charge in [0.15, 0.2) is 0 Å². The predicted octanol–water partition coefficient (Wildman–Crippen LogP) is 5.29. The zero-order valence-electron chi connectivity index (χ0n) is 10.5. The fourth-order valence-corrected chi connectivity index (χ4v) is 3.15. The Labute approximate surface area is 117 Å². The number of hydrogen-bond donors (Lipinski definition) is 0. The van der Waals surface area contributed by atoms with Crippen molar-refractivity contribution in [2.45, 2.75) is 13.1 Å². The molecular formula is C15H10F3NS. The number of rotatable bonds is 1. The Hall–Kier alpha value is -1.88. The average molecular weight is 293 g/mol. The van der Waals surface area contributed by atoms with Gasteiger partial charge >= 0.3 is 6.18 Å². The van der Waals surface area contributed by atoms with E-state index in [1.807, 2.05) is 24.4 Å². The number of aryl methyl sites for hydroxylation is 1. The van der Waals surface area contributed by atoms with Crippen LogP contribution < -0.4 is 0 Å². The highest BCUT2D eigenvalue weighted by Gasteiger charge is 2.33. The van der Waals surface area contributed by atoms with Gasteiger partial charge < -0.3 is 0 Å². The number of halogens is 3. The van der Waals surface area contributed by atoms with Gasteiger partial charge in [-0.05, 0) is 30.0 Å². The third kappa shape index (κ3) is 2.08. The fraction of sp³-hybridized carbons (Fsp3) is 0.133. The largest absolute Gasteiger partial charge is 0.418 e. The number of alkyl halides is 3. The van der Waals surface area contributed by atoms with Crippen molar-refractivity contribution in [2.24, 2.45) is 0 Å². The molecule has 0 aliphatic heterocycles. The summed E-state index contributed by atoms with van der Waals surface area (Å²) < 4.78 is 39.2. The quantitative estimate of drug-likeness (QED) is 0.594. The molecule has 0 amide bonds. The van der Waals surface area contributed by atoms with E-state index >= 15 is 0 Å². The Bertz CT molecular complexity index is 761. The zero-order valence-corrected chi connectivity index (χ0v) is 11.3. The average Bonchev–Trinajstić information content (AvgIpc) is 2.90. The molecule has 0 N–H and O–H groups in total. The van der Waals surface area contributed by atoms with Crippen LogP contribution in [0, 0.1) is 6.92 Å². The van der Waals surface area contributed by atoms with Gasteiger partial charge in [0.05, 0.1) is 11.1 Å². The zero-order chi connectivity index (χ0) is 14.3. The number of fused-ring (bicyclic) bond motifs is 1. The fourth-order valence-electron chi connectivity index (χ4n) is 2.30. The summed E-state index contributed by atoms with van der Waals surface area (Å²) >= 11 is 1.51. The van der Waals surface area contributed by atoms with Gasteiger partial charge in [-0.2, -0.15) is 13.2 Å². The Morgan fingerprint density at radius 1 is 1.10 bits per heavy atom. The molecule has 5 heteroatoms. The van der Waals surface area contributed by atoms with Gasteiger partial charge in [-0.25, -0.2) is 0 Å². The summed E-state index contributed by atoms with van der Waals surface area (Å²) in [6.07, 6.45) is -2.89. The Balaban J connectivity index is 2.40. The second kappa shape index (κ2) is 4.59. The molecule has 0 radical (unpaired) electrons. The lowest BCUT2D eigenvalue weighted by Crippen LogP contribution is -2.06. The highest BCUT2D eigenvalue weighted by Crippen LogP contribution is 2.39. The lowest BCUT2D eigenvalue weighted by molar-refractivity contribution is -0.136. The summed E-state index contributed by atoms with van der Waals surface area (Å²) in [6.45, 7) is 1.86. The molecule has 0 atom stereocenters. The van der Waals surface area contributed by atoms with Crippen molar-refractivity contribution in [1.29, 1.82) is 0 Å². The van der Waals surface area contributed by atoms with Crippen LogP contribution in [0.5, 0.6) is 0 Å². The van der Waals surface area contributed by atoms with E-state index in [0.29, 0.717) is 5.39 Å². The number of hydrogen-bond acceptors (Lipinski definition) is 2. The minimum absolute atomic E-state index is 0.00833. The van der Waals surface area contributed by atoms with Gasteiger partial charge in [0.2, 0.25) is 0 Å². The maximum absolute atomic E-state index is 13.1. The van der Waals surface area contributed by atoms with Crippen molar-refractivity contribution in [3.8, 4) is 10.4 Å². The first-order valence-electron chi connectivity index (χ1n) is 5.98. The molecule has 0 fully saturated rings. The second-order valence-electron chi connectivity index (χ2n) is 4.49. The second-order valence-corrected chi connectivity index (χ2v) is 5.44. The third-order valence-electron chi connectivity index (χ3n) is 3.16. The summed E-state index contributed by atoms with van der Waals surface area (Å²) in [5.41, 5.74) is 1.03. The van der Waals surface area contributed by atoms with Crippen LogP contribution in [0.1, 0.15) is 11.1 Å². The molecule has 0 bridgehead atoms. The number of aromatic nitrogens is 1. The molecule has 3 rings (SSSR count). The van der Waals surface area contributed by atoms with Crippen molar-refractivity contribution < 1.29 is 13.2 Å². The van der Waals surface area contributed by atoms with Crippen LogP contribution in [0.15, 0.2) is 41.9 Å². The van der Waals surface area contributed by atoms with E-state index in [4.69, 9.17) is 0 Å².